The van der Waals surface area contributed by atoms with Gasteiger partial charge < -0.3 is 11.1 Å². The molecule has 0 amide bonds. The normalized spacial score (nSPS) is 11.8. The maximum absolute atomic E-state index is 11.9. The lowest BCUT2D eigenvalue weighted by atomic mass is 10.0. The van der Waals surface area contributed by atoms with Crippen LogP contribution in [0.4, 0.5) is 13.2 Å². The van der Waals surface area contributed by atoms with Crippen molar-refractivity contribution in [3.05, 3.63) is 35.4 Å². The van der Waals surface area contributed by atoms with Gasteiger partial charge in [0.25, 0.3) is 0 Å². The first-order valence-electron chi connectivity index (χ1n) is 5.07. The lowest BCUT2D eigenvalue weighted by Crippen LogP contribution is -2.28. The van der Waals surface area contributed by atoms with Crippen LogP contribution in [0.3, 0.4) is 0 Å². The van der Waals surface area contributed by atoms with Gasteiger partial charge >= 0.3 is 6.18 Å². The van der Waals surface area contributed by atoms with E-state index in [1.165, 1.54) is 0 Å². The second-order valence-corrected chi connectivity index (χ2v) is 3.53. The maximum atomic E-state index is 11.9. The molecule has 0 spiro atoms. The molecule has 1 rings (SSSR count). The standard InChI is InChI=1S/C11H15F3N2/c12-11(13,14)8-16-7-10-4-2-1-3-9(10)5-6-15/h1-4,16H,5-8,15H2. The minimum absolute atomic E-state index is 0.218. The largest absolute Gasteiger partial charge is 0.401 e. The van der Waals surface area contributed by atoms with Crippen LogP contribution in [0, 0.1) is 0 Å². The van der Waals surface area contributed by atoms with Gasteiger partial charge in [-0.2, -0.15) is 13.2 Å². The minimum atomic E-state index is -4.16. The number of hydrogen-bond donors (Lipinski definition) is 2. The highest BCUT2D eigenvalue weighted by atomic mass is 19.4. The van der Waals surface area contributed by atoms with Gasteiger partial charge in [0.15, 0.2) is 0 Å². The van der Waals surface area contributed by atoms with Crippen LogP contribution in [0.5, 0.6) is 0 Å². The first-order chi connectivity index (χ1) is 7.53. The molecule has 1 aromatic carbocycles. The van der Waals surface area contributed by atoms with E-state index in [1.807, 2.05) is 24.3 Å². The molecule has 2 nitrogen and oxygen atoms in total. The Bertz CT molecular complexity index is 323. The van der Waals surface area contributed by atoms with Crippen LogP contribution in [0.1, 0.15) is 11.1 Å². The average Bonchev–Trinajstić information content (AvgIpc) is 2.19. The van der Waals surface area contributed by atoms with Gasteiger partial charge in [0.2, 0.25) is 0 Å². The van der Waals surface area contributed by atoms with E-state index in [-0.39, 0.29) is 6.54 Å². The van der Waals surface area contributed by atoms with Crippen molar-refractivity contribution in [3.8, 4) is 0 Å². The summed E-state index contributed by atoms with van der Waals surface area (Å²) < 4.78 is 35.8. The van der Waals surface area contributed by atoms with E-state index in [0.29, 0.717) is 13.0 Å². The molecule has 0 aliphatic rings. The highest BCUT2D eigenvalue weighted by molar-refractivity contribution is 5.27. The molecule has 0 unspecified atom stereocenters. The zero-order valence-electron chi connectivity index (χ0n) is 8.85. The summed E-state index contributed by atoms with van der Waals surface area (Å²) in [5, 5.41) is 2.37. The Balaban J connectivity index is 2.52. The average molecular weight is 232 g/mol. The fourth-order valence-electron chi connectivity index (χ4n) is 1.47. The number of nitrogens with one attached hydrogen (secondary N) is 1. The molecule has 0 saturated carbocycles. The van der Waals surface area contributed by atoms with Crippen molar-refractivity contribution in [1.29, 1.82) is 0 Å². The van der Waals surface area contributed by atoms with Crippen LogP contribution in [0.15, 0.2) is 24.3 Å². The first-order valence-corrected chi connectivity index (χ1v) is 5.07. The van der Waals surface area contributed by atoms with E-state index in [9.17, 15) is 13.2 Å². The van der Waals surface area contributed by atoms with E-state index in [2.05, 4.69) is 5.32 Å². The minimum Gasteiger partial charge on any atom is -0.330 e. The Morgan fingerprint density at radius 1 is 1.12 bits per heavy atom. The van der Waals surface area contributed by atoms with Crippen molar-refractivity contribution >= 4 is 0 Å². The van der Waals surface area contributed by atoms with Gasteiger partial charge in [0.05, 0.1) is 6.54 Å². The lowest BCUT2D eigenvalue weighted by Gasteiger charge is -2.11. The molecule has 0 aliphatic carbocycles. The monoisotopic (exact) mass is 232 g/mol. The van der Waals surface area contributed by atoms with E-state index < -0.39 is 12.7 Å². The SMILES string of the molecule is NCCc1ccccc1CNCC(F)(F)F. The summed E-state index contributed by atoms with van der Waals surface area (Å²) >= 11 is 0. The lowest BCUT2D eigenvalue weighted by molar-refractivity contribution is -0.125. The first kappa shape index (κ1) is 13.0. The van der Waals surface area contributed by atoms with E-state index in [1.54, 1.807) is 0 Å². The van der Waals surface area contributed by atoms with Crippen LogP contribution >= 0.6 is 0 Å². The summed E-state index contributed by atoms with van der Waals surface area (Å²) in [5.74, 6) is 0. The topological polar surface area (TPSA) is 38.0 Å². The van der Waals surface area contributed by atoms with Gasteiger partial charge in [-0.25, -0.2) is 0 Å². The third-order valence-corrected chi connectivity index (χ3v) is 2.17. The van der Waals surface area contributed by atoms with Crippen LogP contribution < -0.4 is 11.1 Å². The fraction of sp³-hybridized carbons (Fsp3) is 0.455. The molecule has 3 N–H and O–H groups in total. The number of alkyl halides is 3. The summed E-state index contributed by atoms with van der Waals surface area (Å²) in [7, 11) is 0. The van der Waals surface area contributed by atoms with Crippen LogP contribution in [0.25, 0.3) is 0 Å². The quantitative estimate of drug-likeness (QED) is 0.813. The number of rotatable bonds is 5. The van der Waals surface area contributed by atoms with Gasteiger partial charge in [0.1, 0.15) is 0 Å². The van der Waals surface area contributed by atoms with Crippen LogP contribution in [-0.4, -0.2) is 19.3 Å². The number of nitrogens with two attached hydrogens (primary N) is 1. The van der Waals surface area contributed by atoms with Gasteiger partial charge in [-0.05, 0) is 24.1 Å². The van der Waals surface area contributed by atoms with Crippen molar-refractivity contribution < 1.29 is 13.2 Å². The summed E-state index contributed by atoms with van der Waals surface area (Å²) in [6.45, 7) is -0.254. The smallest absolute Gasteiger partial charge is 0.330 e. The molecule has 0 aromatic heterocycles. The number of halogens is 3. The molecule has 90 valence electrons. The van der Waals surface area contributed by atoms with Crippen molar-refractivity contribution in [3.63, 3.8) is 0 Å². The highest BCUT2D eigenvalue weighted by Crippen LogP contribution is 2.13. The Kier molecular flexibility index (Phi) is 4.76. The zero-order valence-corrected chi connectivity index (χ0v) is 8.85. The van der Waals surface area contributed by atoms with E-state index >= 15 is 0 Å². The summed E-state index contributed by atoms with van der Waals surface area (Å²) in [4.78, 5) is 0. The zero-order chi connectivity index (χ0) is 12.0. The van der Waals surface area contributed by atoms with Crippen molar-refractivity contribution in [2.45, 2.75) is 19.1 Å². The Morgan fingerprint density at radius 2 is 1.75 bits per heavy atom. The third kappa shape index (κ3) is 4.63. The molecular formula is C11H15F3N2. The Hall–Kier alpha value is -1.07. The van der Waals surface area contributed by atoms with Gasteiger partial charge in [0, 0.05) is 6.54 Å². The number of benzene rings is 1. The Labute approximate surface area is 92.6 Å². The van der Waals surface area contributed by atoms with Gasteiger partial charge in [-0.1, -0.05) is 24.3 Å². The second-order valence-electron chi connectivity index (χ2n) is 3.53. The molecule has 0 aliphatic heterocycles. The van der Waals surface area contributed by atoms with Crippen LogP contribution in [-0.2, 0) is 13.0 Å². The fourth-order valence-corrected chi connectivity index (χ4v) is 1.47. The highest BCUT2D eigenvalue weighted by Gasteiger charge is 2.26. The summed E-state index contributed by atoms with van der Waals surface area (Å²) in [5.41, 5.74) is 7.30. The van der Waals surface area contributed by atoms with Gasteiger partial charge in [-0.15, -0.1) is 0 Å². The predicted molar refractivity (Wildman–Crippen MR) is 57.0 cm³/mol. The molecule has 0 bridgehead atoms. The predicted octanol–water partition coefficient (Wildman–Crippen LogP) is 1.84. The number of hydrogen-bond acceptors (Lipinski definition) is 2. The second kappa shape index (κ2) is 5.86. The maximum Gasteiger partial charge on any atom is 0.401 e. The molecule has 0 heterocycles. The van der Waals surface area contributed by atoms with E-state index in [4.69, 9.17) is 5.73 Å². The summed E-state index contributed by atoms with van der Waals surface area (Å²) in [6, 6.07) is 7.37. The van der Waals surface area contributed by atoms with Gasteiger partial charge in [-0.3, -0.25) is 0 Å². The molecule has 0 radical (unpaired) electrons. The molecule has 16 heavy (non-hydrogen) atoms. The molecule has 1 aromatic rings. The Morgan fingerprint density at radius 3 is 2.31 bits per heavy atom. The van der Waals surface area contributed by atoms with E-state index in [0.717, 1.165) is 11.1 Å². The van der Waals surface area contributed by atoms with Crippen molar-refractivity contribution in [1.82, 2.24) is 5.32 Å². The third-order valence-electron chi connectivity index (χ3n) is 2.17. The molecule has 0 atom stereocenters. The van der Waals surface area contributed by atoms with Crippen molar-refractivity contribution in [2.24, 2.45) is 5.73 Å². The van der Waals surface area contributed by atoms with Crippen LogP contribution in [0.2, 0.25) is 0 Å². The molecule has 5 heteroatoms. The molecular weight excluding hydrogens is 217 g/mol. The van der Waals surface area contributed by atoms with Crippen molar-refractivity contribution in [2.75, 3.05) is 13.1 Å². The molecule has 0 fully saturated rings. The summed E-state index contributed by atoms with van der Waals surface area (Å²) in [6.07, 6.45) is -3.48. The molecule has 0 saturated heterocycles.